The van der Waals surface area contributed by atoms with Gasteiger partial charge in [-0.1, -0.05) is 36.4 Å². The summed E-state index contributed by atoms with van der Waals surface area (Å²) in [5.74, 6) is -1.07. The van der Waals surface area contributed by atoms with Gasteiger partial charge in [-0.25, -0.2) is 4.79 Å². The van der Waals surface area contributed by atoms with Gasteiger partial charge in [0.25, 0.3) is 5.09 Å². The zero-order chi connectivity index (χ0) is 18.2. The van der Waals surface area contributed by atoms with E-state index in [9.17, 15) is 19.7 Å². The van der Waals surface area contributed by atoms with Gasteiger partial charge in [0.2, 0.25) is 0 Å². The number of hydrogen-bond donors (Lipinski definition) is 0. The summed E-state index contributed by atoms with van der Waals surface area (Å²) >= 11 is 0. The molecule has 0 radical (unpaired) electrons. The van der Waals surface area contributed by atoms with Crippen LogP contribution < -0.4 is 4.74 Å². The number of para-hydroxylation sites is 1. The zero-order valence-corrected chi connectivity index (χ0v) is 13.3. The van der Waals surface area contributed by atoms with E-state index in [-0.39, 0.29) is 24.5 Å². The van der Waals surface area contributed by atoms with Crippen molar-refractivity contribution in [1.29, 1.82) is 0 Å². The summed E-state index contributed by atoms with van der Waals surface area (Å²) in [5.41, 5.74) is 1.35. The Morgan fingerprint density at radius 2 is 1.72 bits per heavy atom. The van der Waals surface area contributed by atoms with Gasteiger partial charge in [-0.2, -0.15) is 0 Å². The number of carbonyl (C=O) groups excluding carboxylic acids is 2. The minimum atomic E-state index is -0.876. The SMILES string of the molecule is CC(=O)Oc1ccccc1C(=O)OCc1cccc(CO[N+](=O)[O-])c1. The van der Waals surface area contributed by atoms with Crippen molar-refractivity contribution in [2.24, 2.45) is 0 Å². The average molecular weight is 345 g/mol. The van der Waals surface area contributed by atoms with Crippen LogP contribution in [0, 0.1) is 10.1 Å². The molecule has 25 heavy (non-hydrogen) atoms. The van der Waals surface area contributed by atoms with Gasteiger partial charge < -0.3 is 14.3 Å². The van der Waals surface area contributed by atoms with Crippen molar-refractivity contribution in [3.63, 3.8) is 0 Å². The number of hydrogen-bond acceptors (Lipinski definition) is 7. The van der Waals surface area contributed by atoms with Gasteiger partial charge in [0.15, 0.2) is 0 Å². The maximum absolute atomic E-state index is 12.2. The number of carbonyl (C=O) groups is 2. The summed E-state index contributed by atoms with van der Waals surface area (Å²) in [7, 11) is 0. The Labute approximate surface area is 143 Å². The van der Waals surface area contributed by atoms with Gasteiger partial charge in [-0.15, -0.1) is 10.1 Å². The molecule has 0 aliphatic rings. The standard InChI is InChI=1S/C17H15NO7/c1-12(19)25-16-8-3-2-7-15(16)17(20)23-10-13-5-4-6-14(9-13)11-24-18(21)22/h2-9H,10-11H2,1H3. The third kappa shape index (κ3) is 5.61. The Morgan fingerprint density at radius 1 is 1.04 bits per heavy atom. The molecule has 0 unspecified atom stereocenters. The van der Waals surface area contributed by atoms with Crippen LogP contribution >= 0.6 is 0 Å². The van der Waals surface area contributed by atoms with Crippen LogP contribution in [0.3, 0.4) is 0 Å². The molecule has 0 saturated heterocycles. The lowest BCUT2D eigenvalue weighted by Crippen LogP contribution is -2.10. The van der Waals surface area contributed by atoms with E-state index in [2.05, 4.69) is 4.84 Å². The monoisotopic (exact) mass is 345 g/mol. The highest BCUT2D eigenvalue weighted by Crippen LogP contribution is 2.20. The van der Waals surface area contributed by atoms with Crippen molar-refractivity contribution in [3.05, 3.63) is 75.3 Å². The number of ether oxygens (including phenoxy) is 2. The van der Waals surface area contributed by atoms with E-state index >= 15 is 0 Å². The third-order valence-electron chi connectivity index (χ3n) is 3.06. The van der Waals surface area contributed by atoms with Crippen LogP contribution in [0.1, 0.15) is 28.4 Å². The van der Waals surface area contributed by atoms with Crippen LogP contribution in [-0.4, -0.2) is 17.0 Å². The molecule has 8 heteroatoms. The molecule has 8 nitrogen and oxygen atoms in total. The summed E-state index contributed by atoms with van der Waals surface area (Å²) in [4.78, 5) is 37.8. The van der Waals surface area contributed by atoms with Crippen LogP contribution in [0.4, 0.5) is 0 Å². The fourth-order valence-electron chi connectivity index (χ4n) is 2.04. The molecule has 0 aliphatic heterocycles. The Bertz CT molecular complexity index is 788. The number of benzene rings is 2. The highest BCUT2D eigenvalue weighted by Gasteiger charge is 2.15. The lowest BCUT2D eigenvalue weighted by Gasteiger charge is -2.09. The first kappa shape index (κ1) is 17.9. The molecular formula is C17H15NO7. The van der Waals surface area contributed by atoms with Crippen molar-refractivity contribution < 1.29 is 29.0 Å². The van der Waals surface area contributed by atoms with Crippen molar-refractivity contribution in [2.75, 3.05) is 0 Å². The van der Waals surface area contributed by atoms with E-state index in [1.54, 1.807) is 36.4 Å². The normalized spacial score (nSPS) is 9.96. The molecule has 0 aliphatic carbocycles. The minimum Gasteiger partial charge on any atom is -0.457 e. The minimum absolute atomic E-state index is 0.0421. The van der Waals surface area contributed by atoms with Crippen LogP contribution in [0.15, 0.2) is 48.5 Å². The fraction of sp³-hybridized carbons (Fsp3) is 0.176. The predicted molar refractivity (Wildman–Crippen MR) is 85.1 cm³/mol. The maximum atomic E-state index is 12.2. The molecule has 0 bridgehead atoms. The molecule has 0 N–H and O–H groups in total. The second kappa shape index (κ2) is 8.44. The molecule has 0 spiro atoms. The fourth-order valence-corrected chi connectivity index (χ4v) is 2.04. The molecule has 0 amide bonds. The largest absolute Gasteiger partial charge is 0.457 e. The number of nitrogens with zero attached hydrogens (tertiary/aromatic N) is 1. The Kier molecular flexibility index (Phi) is 6.05. The van der Waals surface area contributed by atoms with Crippen molar-refractivity contribution >= 4 is 11.9 Å². The average Bonchev–Trinajstić information content (AvgIpc) is 2.58. The van der Waals surface area contributed by atoms with E-state index in [1.807, 2.05) is 0 Å². The summed E-state index contributed by atoms with van der Waals surface area (Å²) in [6.45, 7) is 1.00. The predicted octanol–water partition coefficient (Wildman–Crippen LogP) is 2.68. The first-order valence-corrected chi connectivity index (χ1v) is 7.25. The second-order valence-corrected chi connectivity index (χ2v) is 4.98. The van der Waals surface area contributed by atoms with Gasteiger partial charge in [0, 0.05) is 6.92 Å². The maximum Gasteiger partial charge on any atom is 0.342 e. The van der Waals surface area contributed by atoms with Crippen LogP contribution in [0.2, 0.25) is 0 Å². The quantitative estimate of drug-likeness (QED) is 0.329. The lowest BCUT2D eigenvalue weighted by molar-refractivity contribution is -0.763. The van der Waals surface area contributed by atoms with Gasteiger partial charge in [0.1, 0.15) is 24.5 Å². The molecule has 0 aromatic heterocycles. The summed E-state index contributed by atoms with van der Waals surface area (Å²) in [6.07, 6.45) is 0. The van der Waals surface area contributed by atoms with Gasteiger partial charge in [0.05, 0.1) is 0 Å². The Hall–Kier alpha value is -3.42. The Balaban J connectivity index is 2.02. The molecule has 2 aromatic rings. The first-order chi connectivity index (χ1) is 12.0. The first-order valence-electron chi connectivity index (χ1n) is 7.25. The van der Waals surface area contributed by atoms with Gasteiger partial charge in [-0.05, 0) is 23.3 Å². The summed E-state index contributed by atoms with van der Waals surface area (Å²) < 4.78 is 10.2. The van der Waals surface area contributed by atoms with E-state index in [4.69, 9.17) is 9.47 Å². The molecule has 2 aromatic carbocycles. The molecular weight excluding hydrogens is 330 g/mol. The topological polar surface area (TPSA) is 105 Å². The Morgan fingerprint density at radius 3 is 2.40 bits per heavy atom. The molecule has 0 saturated carbocycles. The number of rotatable bonds is 7. The van der Waals surface area contributed by atoms with Crippen molar-refractivity contribution in [1.82, 2.24) is 0 Å². The third-order valence-corrected chi connectivity index (χ3v) is 3.06. The van der Waals surface area contributed by atoms with Crippen molar-refractivity contribution in [3.8, 4) is 5.75 Å². The molecule has 2 rings (SSSR count). The summed E-state index contributed by atoms with van der Waals surface area (Å²) in [5, 5.41) is 9.34. The number of esters is 2. The lowest BCUT2D eigenvalue weighted by atomic mass is 10.1. The smallest absolute Gasteiger partial charge is 0.342 e. The van der Waals surface area contributed by atoms with Crippen LogP contribution in [-0.2, 0) is 27.6 Å². The van der Waals surface area contributed by atoms with E-state index in [0.717, 1.165) is 0 Å². The van der Waals surface area contributed by atoms with Crippen LogP contribution in [0.25, 0.3) is 0 Å². The van der Waals surface area contributed by atoms with Gasteiger partial charge in [-0.3, -0.25) is 4.79 Å². The highest BCUT2D eigenvalue weighted by atomic mass is 16.9. The van der Waals surface area contributed by atoms with Crippen molar-refractivity contribution in [2.45, 2.75) is 20.1 Å². The van der Waals surface area contributed by atoms with E-state index < -0.39 is 17.0 Å². The van der Waals surface area contributed by atoms with E-state index in [1.165, 1.54) is 19.1 Å². The zero-order valence-electron chi connectivity index (χ0n) is 13.3. The highest BCUT2D eigenvalue weighted by molar-refractivity contribution is 5.93. The van der Waals surface area contributed by atoms with E-state index in [0.29, 0.717) is 11.1 Å². The second-order valence-electron chi connectivity index (χ2n) is 4.98. The molecule has 0 fully saturated rings. The van der Waals surface area contributed by atoms with Gasteiger partial charge >= 0.3 is 11.9 Å². The summed E-state index contributed by atoms with van der Waals surface area (Å²) in [6, 6.07) is 12.9. The molecule has 130 valence electrons. The van der Waals surface area contributed by atoms with Crippen LogP contribution in [0.5, 0.6) is 5.75 Å². The molecule has 0 heterocycles. The molecule has 0 atom stereocenters.